The highest BCUT2D eigenvalue weighted by Gasteiger charge is 2.12. The maximum atomic E-state index is 6.12. The smallest absolute Gasteiger partial charge is 0.191 e. The molecule has 1 aromatic carbocycles. The van der Waals surface area contributed by atoms with Gasteiger partial charge in [-0.05, 0) is 37.0 Å². The van der Waals surface area contributed by atoms with Crippen LogP contribution in [0.1, 0.15) is 24.8 Å². The van der Waals surface area contributed by atoms with Crippen molar-refractivity contribution in [3.05, 3.63) is 48.3 Å². The predicted molar refractivity (Wildman–Crippen MR) is 84.3 cm³/mol. The lowest BCUT2D eigenvalue weighted by Crippen LogP contribution is -2.40. The summed E-state index contributed by atoms with van der Waals surface area (Å²) in [5.41, 5.74) is 8.30. The van der Waals surface area contributed by atoms with Crippen LogP contribution >= 0.6 is 0 Å². The highest BCUT2D eigenvalue weighted by Crippen LogP contribution is 2.15. The molecule has 1 fully saturated rings. The molecule has 0 atom stereocenters. The van der Waals surface area contributed by atoms with Gasteiger partial charge in [-0.15, -0.1) is 0 Å². The van der Waals surface area contributed by atoms with Crippen LogP contribution in [0.15, 0.2) is 47.7 Å². The number of likely N-dealkylation sites (tertiary alicyclic amines) is 1. The van der Waals surface area contributed by atoms with Crippen LogP contribution in [0.4, 0.5) is 0 Å². The number of rotatable bonds is 3. The molecular weight excluding hydrogens is 262 g/mol. The second-order valence-electron chi connectivity index (χ2n) is 5.30. The first-order chi connectivity index (χ1) is 10.3. The number of nitrogens with two attached hydrogens (primary N) is 1. The summed E-state index contributed by atoms with van der Waals surface area (Å²) in [6, 6.07) is 10.1. The van der Waals surface area contributed by atoms with Crippen molar-refractivity contribution in [3.8, 4) is 5.69 Å². The molecule has 21 heavy (non-hydrogen) atoms. The minimum atomic E-state index is 0.582. The summed E-state index contributed by atoms with van der Waals surface area (Å²) in [4.78, 5) is 6.75. The molecule has 3 rings (SSSR count). The SMILES string of the molecule is NC(=NCc1ccccc1-n1cccn1)N1CCCCC1. The van der Waals surface area contributed by atoms with E-state index in [1.807, 2.05) is 29.1 Å². The van der Waals surface area contributed by atoms with Crippen molar-refractivity contribution in [1.29, 1.82) is 0 Å². The Bertz CT molecular complexity index is 597. The number of benzene rings is 1. The topological polar surface area (TPSA) is 59.4 Å². The van der Waals surface area contributed by atoms with Gasteiger partial charge in [-0.3, -0.25) is 0 Å². The van der Waals surface area contributed by atoms with E-state index >= 15 is 0 Å². The molecule has 5 nitrogen and oxygen atoms in total. The second-order valence-corrected chi connectivity index (χ2v) is 5.30. The van der Waals surface area contributed by atoms with Gasteiger partial charge < -0.3 is 10.6 Å². The van der Waals surface area contributed by atoms with E-state index in [0.29, 0.717) is 12.5 Å². The van der Waals surface area contributed by atoms with Crippen LogP contribution in [0, 0.1) is 0 Å². The molecule has 0 saturated carbocycles. The molecule has 2 heterocycles. The lowest BCUT2D eigenvalue weighted by molar-refractivity contribution is 0.338. The molecule has 1 saturated heterocycles. The van der Waals surface area contributed by atoms with Gasteiger partial charge in [-0.25, -0.2) is 9.67 Å². The minimum Gasteiger partial charge on any atom is -0.370 e. The largest absolute Gasteiger partial charge is 0.370 e. The van der Waals surface area contributed by atoms with E-state index < -0.39 is 0 Å². The van der Waals surface area contributed by atoms with E-state index in [1.54, 1.807) is 6.20 Å². The first-order valence-corrected chi connectivity index (χ1v) is 7.47. The van der Waals surface area contributed by atoms with E-state index in [9.17, 15) is 0 Å². The summed E-state index contributed by atoms with van der Waals surface area (Å²) in [7, 11) is 0. The Morgan fingerprint density at radius 3 is 2.71 bits per heavy atom. The third kappa shape index (κ3) is 3.24. The normalized spacial score (nSPS) is 16.2. The van der Waals surface area contributed by atoms with Crippen LogP contribution in [0.5, 0.6) is 0 Å². The number of hydrogen-bond donors (Lipinski definition) is 1. The van der Waals surface area contributed by atoms with Crippen molar-refractivity contribution in [1.82, 2.24) is 14.7 Å². The van der Waals surface area contributed by atoms with Crippen LogP contribution in [0.2, 0.25) is 0 Å². The van der Waals surface area contributed by atoms with Crippen LogP contribution in [-0.4, -0.2) is 33.7 Å². The van der Waals surface area contributed by atoms with Gasteiger partial charge in [0, 0.05) is 25.5 Å². The molecule has 1 aromatic heterocycles. The molecule has 1 aliphatic heterocycles. The first-order valence-electron chi connectivity index (χ1n) is 7.47. The molecule has 0 bridgehead atoms. The van der Waals surface area contributed by atoms with Crippen molar-refractivity contribution < 1.29 is 0 Å². The van der Waals surface area contributed by atoms with Crippen molar-refractivity contribution in [3.63, 3.8) is 0 Å². The minimum absolute atomic E-state index is 0.582. The lowest BCUT2D eigenvalue weighted by atomic mass is 10.1. The lowest BCUT2D eigenvalue weighted by Gasteiger charge is -2.27. The molecule has 2 aromatic rings. The fraction of sp³-hybridized carbons (Fsp3) is 0.375. The number of para-hydroxylation sites is 1. The van der Waals surface area contributed by atoms with Crippen LogP contribution < -0.4 is 5.73 Å². The van der Waals surface area contributed by atoms with E-state index in [2.05, 4.69) is 27.1 Å². The molecule has 0 aliphatic carbocycles. The number of nitrogens with zero attached hydrogens (tertiary/aromatic N) is 4. The summed E-state index contributed by atoms with van der Waals surface area (Å²) >= 11 is 0. The van der Waals surface area contributed by atoms with Crippen LogP contribution in [0.3, 0.4) is 0 Å². The van der Waals surface area contributed by atoms with Gasteiger partial charge in [-0.2, -0.15) is 5.10 Å². The fourth-order valence-corrected chi connectivity index (χ4v) is 2.67. The fourth-order valence-electron chi connectivity index (χ4n) is 2.67. The zero-order valence-electron chi connectivity index (χ0n) is 12.2. The van der Waals surface area contributed by atoms with Gasteiger partial charge in [-0.1, -0.05) is 18.2 Å². The number of guanidine groups is 1. The zero-order valence-corrected chi connectivity index (χ0v) is 12.2. The highest BCUT2D eigenvalue weighted by molar-refractivity contribution is 5.78. The van der Waals surface area contributed by atoms with E-state index in [1.165, 1.54) is 19.3 Å². The summed E-state index contributed by atoms with van der Waals surface area (Å²) in [6.07, 6.45) is 7.44. The summed E-state index contributed by atoms with van der Waals surface area (Å²) in [5, 5.41) is 4.29. The Kier molecular flexibility index (Phi) is 4.19. The van der Waals surface area contributed by atoms with Gasteiger partial charge in [0.1, 0.15) is 0 Å². The van der Waals surface area contributed by atoms with Crippen molar-refractivity contribution >= 4 is 5.96 Å². The Balaban J connectivity index is 1.76. The van der Waals surface area contributed by atoms with Crippen molar-refractivity contribution in [2.75, 3.05) is 13.1 Å². The summed E-state index contributed by atoms with van der Waals surface area (Å²) < 4.78 is 1.86. The van der Waals surface area contributed by atoms with E-state index in [-0.39, 0.29) is 0 Å². The Labute approximate surface area is 125 Å². The molecule has 0 amide bonds. The Morgan fingerprint density at radius 2 is 1.95 bits per heavy atom. The molecule has 5 heteroatoms. The maximum absolute atomic E-state index is 6.12. The number of hydrogen-bond acceptors (Lipinski definition) is 2. The molecule has 2 N–H and O–H groups in total. The summed E-state index contributed by atoms with van der Waals surface area (Å²) in [5.74, 6) is 0.657. The van der Waals surface area contributed by atoms with Crippen LogP contribution in [0.25, 0.3) is 5.69 Å². The zero-order chi connectivity index (χ0) is 14.5. The van der Waals surface area contributed by atoms with Gasteiger partial charge in [0.05, 0.1) is 12.2 Å². The number of aliphatic imine (C=N–C) groups is 1. The molecular formula is C16H21N5. The van der Waals surface area contributed by atoms with Crippen molar-refractivity contribution in [2.45, 2.75) is 25.8 Å². The van der Waals surface area contributed by atoms with Gasteiger partial charge >= 0.3 is 0 Å². The number of piperidine rings is 1. The van der Waals surface area contributed by atoms with Crippen LogP contribution in [-0.2, 0) is 6.54 Å². The third-order valence-electron chi connectivity index (χ3n) is 3.83. The molecule has 1 aliphatic rings. The average molecular weight is 283 g/mol. The van der Waals surface area contributed by atoms with Gasteiger partial charge in [0.25, 0.3) is 0 Å². The standard InChI is InChI=1S/C16H21N5/c17-16(20-10-4-1-5-11-20)18-13-14-7-2-3-8-15(14)21-12-6-9-19-21/h2-3,6-9,12H,1,4-5,10-11,13H2,(H2,17,18). The monoisotopic (exact) mass is 283 g/mol. The molecule has 0 spiro atoms. The number of aromatic nitrogens is 2. The van der Waals surface area contributed by atoms with E-state index in [0.717, 1.165) is 24.3 Å². The first kappa shape index (κ1) is 13.7. The maximum Gasteiger partial charge on any atom is 0.191 e. The van der Waals surface area contributed by atoms with Crippen molar-refractivity contribution in [2.24, 2.45) is 10.7 Å². The summed E-state index contributed by atoms with van der Waals surface area (Å²) in [6.45, 7) is 2.63. The third-order valence-corrected chi connectivity index (χ3v) is 3.83. The second kappa shape index (κ2) is 6.43. The quantitative estimate of drug-likeness (QED) is 0.694. The molecule has 0 radical (unpaired) electrons. The Morgan fingerprint density at radius 1 is 1.14 bits per heavy atom. The molecule has 0 unspecified atom stereocenters. The Hall–Kier alpha value is -2.30. The predicted octanol–water partition coefficient (Wildman–Crippen LogP) is 2.17. The highest BCUT2D eigenvalue weighted by atomic mass is 15.3. The van der Waals surface area contributed by atoms with E-state index in [4.69, 9.17) is 5.73 Å². The average Bonchev–Trinajstić information content (AvgIpc) is 3.08. The van der Waals surface area contributed by atoms with Gasteiger partial charge in [0.2, 0.25) is 0 Å². The molecule has 110 valence electrons. The van der Waals surface area contributed by atoms with Gasteiger partial charge in [0.15, 0.2) is 5.96 Å².